The first kappa shape index (κ1) is 16.9. The highest BCUT2D eigenvalue weighted by Crippen LogP contribution is 2.35. The molecule has 3 aromatic rings. The maximum absolute atomic E-state index is 12.2. The van der Waals surface area contributed by atoms with E-state index in [0.717, 1.165) is 23.4 Å². The maximum Gasteiger partial charge on any atom is 0.182 e. The molecule has 2 unspecified atom stereocenters. The lowest BCUT2D eigenvalue weighted by Gasteiger charge is -2.27. The molecule has 1 aliphatic heterocycles. The van der Waals surface area contributed by atoms with E-state index in [1.54, 1.807) is 13.4 Å². The zero-order chi connectivity index (χ0) is 18.1. The lowest BCUT2D eigenvalue weighted by molar-refractivity contribution is 0.678. The largest absolute Gasteiger partial charge is 0.367 e. The zero-order valence-corrected chi connectivity index (χ0v) is 15.5. The molecule has 4 rings (SSSR count). The van der Waals surface area contributed by atoms with E-state index in [1.807, 2.05) is 18.2 Å². The van der Waals surface area contributed by atoms with Gasteiger partial charge in [-0.05, 0) is 45.0 Å². The smallest absolute Gasteiger partial charge is 0.182 e. The molecule has 1 aliphatic rings. The summed E-state index contributed by atoms with van der Waals surface area (Å²) < 4.78 is 15.0. The van der Waals surface area contributed by atoms with Crippen LogP contribution in [0.25, 0.3) is 11.2 Å². The second-order valence-electron chi connectivity index (χ2n) is 6.28. The summed E-state index contributed by atoms with van der Waals surface area (Å²) >= 11 is 0. The van der Waals surface area contributed by atoms with Gasteiger partial charge in [-0.2, -0.15) is 0 Å². The minimum Gasteiger partial charge on any atom is -0.367 e. The van der Waals surface area contributed by atoms with Crippen LogP contribution in [0.1, 0.15) is 19.8 Å². The number of hydrogen-bond donors (Lipinski definition) is 3. The molecule has 136 valence electrons. The van der Waals surface area contributed by atoms with E-state index in [4.69, 9.17) is 0 Å². The van der Waals surface area contributed by atoms with Gasteiger partial charge in [0.2, 0.25) is 0 Å². The van der Waals surface area contributed by atoms with Gasteiger partial charge in [-0.3, -0.25) is 0 Å². The summed E-state index contributed by atoms with van der Waals surface area (Å²) in [5, 5.41) is 3.39. The molecule has 9 heteroatoms. The number of imidazole rings is 1. The number of fused-ring (bicyclic) bond motifs is 1. The molecule has 1 aromatic carbocycles. The number of rotatable bonds is 5. The Morgan fingerprint density at radius 1 is 1.31 bits per heavy atom. The first-order chi connectivity index (χ1) is 12.7. The average molecular weight is 371 g/mol. The summed E-state index contributed by atoms with van der Waals surface area (Å²) in [5.74, 6) is 0.646. The Bertz CT molecular complexity index is 957. The topological polar surface area (TPSA) is 98.8 Å². The van der Waals surface area contributed by atoms with Crippen molar-refractivity contribution >= 4 is 39.3 Å². The monoisotopic (exact) mass is 371 g/mol. The van der Waals surface area contributed by atoms with Crippen LogP contribution < -0.4 is 14.9 Å². The van der Waals surface area contributed by atoms with Crippen molar-refractivity contribution in [2.75, 3.05) is 23.8 Å². The average Bonchev–Trinajstić information content (AvgIpc) is 3.30. The van der Waals surface area contributed by atoms with E-state index in [0.29, 0.717) is 22.4 Å². The molecule has 0 bridgehead atoms. The second kappa shape index (κ2) is 7.00. The number of hydrogen-bond acceptors (Lipinski definition) is 6. The van der Waals surface area contributed by atoms with E-state index in [2.05, 4.69) is 41.8 Å². The third kappa shape index (κ3) is 3.04. The lowest BCUT2D eigenvalue weighted by atomic mass is 10.2. The maximum atomic E-state index is 12.2. The summed E-state index contributed by atoms with van der Waals surface area (Å²) in [6, 6.07) is 6.31. The minimum atomic E-state index is -1.26. The van der Waals surface area contributed by atoms with E-state index in [9.17, 15) is 4.21 Å². The SMILES string of the molecule is CNS(=O)c1ccc(N2CCCC2C)c(Nc2ncnc3nc[nH]c23)c1. The molecule has 1 fully saturated rings. The van der Waals surface area contributed by atoms with E-state index in [-0.39, 0.29) is 0 Å². The van der Waals surface area contributed by atoms with Gasteiger partial charge in [0.25, 0.3) is 0 Å². The molecule has 0 radical (unpaired) electrons. The molecule has 3 N–H and O–H groups in total. The quantitative estimate of drug-likeness (QED) is 0.637. The summed E-state index contributed by atoms with van der Waals surface area (Å²) in [6.45, 7) is 3.24. The zero-order valence-electron chi connectivity index (χ0n) is 14.7. The summed E-state index contributed by atoms with van der Waals surface area (Å²) in [7, 11) is 0.421. The second-order valence-corrected chi connectivity index (χ2v) is 7.70. The van der Waals surface area contributed by atoms with Gasteiger partial charge in [-0.15, -0.1) is 0 Å². The predicted octanol–water partition coefficient (Wildman–Crippen LogP) is 2.33. The molecule has 0 saturated carbocycles. The molecule has 1 saturated heterocycles. The Balaban J connectivity index is 1.78. The third-order valence-corrected chi connectivity index (χ3v) is 5.76. The fraction of sp³-hybridized carbons (Fsp3) is 0.353. The molecular formula is C17H21N7OS. The highest BCUT2D eigenvalue weighted by atomic mass is 32.2. The molecule has 0 amide bonds. The van der Waals surface area contributed by atoms with E-state index in [1.165, 1.54) is 19.2 Å². The van der Waals surface area contributed by atoms with E-state index >= 15 is 0 Å². The van der Waals surface area contributed by atoms with Crippen LogP contribution in [-0.2, 0) is 11.0 Å². The van der Waals surface area contributed by atoms with Gasteiger partial charge >= 0.3 is 0 Å². The number of aromatic nitrogens is 4. The van der Waals surface area contributed by atoms with Crippen molar-refractivity contribution in [2.45, 2.75) is 30.7 Å². The van der Waals surface area contributed by atoms with Crippen LogP contribution in [-0.4, -0.2) is 43.8 Å². The molecular weight excluding hydrogens is 350 g/mol. The van der Waals surface area contributed by atoms with Gasteiger partial charge in [0.05, 0.1) is 22.6 Å². The Hall–Kier alpha value is -2.52. The molecule has 0 aliphatic carbocycles. The van der Waals surface area contributed by atoms with Crippen LogP contribution in [0, 0.1) is 0 Å². The highest BCUT2D eigenvalue weighted by Gasteiger charge is 2.24. The van der Waals surface area contributed by atoms with Crippen LogP contribution in [0.2, 0.25) is 0 Å². The van der Waals surface area contributed by atoms with Crippen LogP contribution in [0.4, 0.5) is 17.2 Å². The van der Waals surface area contributed by atoms with Gasteiger partial charge in [0, 0.05) is 12.6 Å². The summed E-state index contributed by atoms with van der Waals surface area (Å²) in [6.07, 6.45) is 5.42. The van der Waals surface area contributed by atoms with Gasteiger partial charge in [0.1, 0.15) is 22.8 Å². The van der Waals surface area contributed by atoms with Crippen molar-refractivity contribution < 1.29 is 4.21 Å². The van der Waals surface area contributed by atoms with Gasteiger partial charge < -0.3 is 15.2 Å². The number of nitrogens with one attached hydrogen (secondary N) is 3. The fourth-order valence-electron chi connectivity index (χ4n) is 3.38. The summed E-state index contributed by atoms with van der Waals surface area (Å²) in [5.41, 5.74) is 3.30. The van der Waals surface area contributed by atoms with Crippen molar-refractivity contribution in [2.24, 2.45) is 0 Å². The molecule has 0 spiro atoms. The molecule has 3 heterocycles. The van der Waals surface area contributed by atoms with Crippen molar-refractivity contribution in [1.82, 2.24) is 24.7 Å². The first-order valence-corrected chi connectivity index (χ1v) is 9.73. The van der Waals surface area contributed by atoms with Crippen LogP contribution in [0.15, 0.2) is 35.7 Å². The van der Waals surface area contributed by atoms with Gasteiger partial charge in [-0.25, -0.2) is 23.9 Å². The minimum absolute atomic E-state index is 0.466. The molecule has 2 aromatic heterocycles. The molecule has 26 heavy (non-hydrogen) atoms. The Kier molecular flexibility index (Phi) is 4.56. The van der Waals surface area contributed by atoms with Gasteiger partial charge in [-0.1, -0.05) is 0 Å². The van der Waals surface area contributed by atoms with E-state index < -0.39 is 11.0 Å². The predicted molar refractivity (Wildman–Crippen MR) is 103 cm³/mol. The fourth-order valence-corrected chi connectivity index (χ4v) is 4.03. The number of benzene rings is 1. The van der Waals surface area contributed by atoms with Crippen LogP contribution in [0.3, 0.4) is 0 Å². The van der Waals surface area contributed by atoms with Crippen LogP contribution in [0.5, 0.6) is 0 Å². The Morgan fingerprint density at radius 2 is 2.19 bits per heavy atom. The van der Waals surface area contributed by atoms with Crippen molar-refractivity contribution in [3.63, 3.8) is 0 Å². The van der Waals surface area contributed by atoms with Crippen molar-refractivity contribution in [3.8, 4) is 0 Å². The Morgan fingerprint density at radius 3 is 2.96 bits per heavy atom. The Labute approximate surface area is 154 Å². The normalized spacial score (nSPS) is 18.4. The number of H-pyrrole nitrogens is 1. The summed E-state index contributed by atoms with van der Waals surface area (Å²) in [4.78, 5) is 18.8. The van der Waals surface area contributed by atoms with Crippen molar-refractivity contribution in [1.29, 1.82) is 0 Å². The lowest BCUT2D eigenvalue weighted by Crippen LogP contribution is -2.27. The number of aromatic amines is 1. The number of anilines is 3. The standard InChI is InChI=1S/C17H21N7OS/c1-11-4-3-7-24(11)14-6-5-12(26(25)18-2)8-13(14)23-17-15-16(20-9-19-15)21-10-22-17/h5-6,8-11,18H,3-4,7H2,1-2H3,(H2,19,20,21,22,23). The van der Waals surface area contributed by atoms with Gasteiger partial charge in [0.15, 0.2) is 11.5 Å². The molecule has 2 atom stereocenters. The molecule has 8 nitrogen and oxygen atoms in total. The van der Waals surface area contributed by atoms with Crippen molar-refractivity contribution in [3.05, 3.63) is 30.9 Å². The first-order valence-electron chi connectivity index (χ1n) is 8.58. The third-order valence-electron chi connectivity index (χ3n) is 4.71. The number of nitrogens with zero attached hydrogens (tertiary/aromatic N) is 4. The van der Waals surface area contributed by atoms with Crippen LogP contribution >= 0.6 is 0 Å². The highest BCUT2D eigenvalue weighted by molar-refractivity contribution is 7.83.